The summed E-state index contributed by atoms with van der Waals surface area (Å²) in [5.41, 5.74) is 0. The topological polar surface area (TPSA) is 61.3 Å². The van der Waals surface area contributed by atoms with E-state index in [4.69, 9.17) is 0 Å². The van der Waals surface area contributed by atoms with E-state index in [0.717, 1.165) is 35.3 Å². The Hall–Kier alpha value is -1.40. The van der Waals surface area contributed by atoms with Crippen LogP contribution in [-0.4, -0.2) is 41.3 Å². The molecule has 1 aliphatic carbocycles. The summed E-state index contributed by atoms with van der Waals surface area (Å²) in [6.07, 6.45) is 3.91. The predicted molar refractivity (Wildman–Crippen MR) is 88.4 cm³/mol. The second kappa shape index (κ2) is 5.77. The van der Waals surface area contributed by atoms with Gasteiger partial charge in [-0.2, -0.15) is 4.98 Å². The van der Waals surface area contributed by atoms with E-state index in [-0.39, 0.29) is 12.1 Å². The van der Waals surface area contributed by atoms with Gasteiger partial charge in [-0.3, -0.25) is 0 Å². The van der Waals surface area contributed by atoms with Crippen LogP contribution in [0.25, 0.3) is 10.2 Å². The number of hydrogen-bond donors (Lipinski definition) is 2. The highest BCUT2D eigenvalue weighted by molar-refractivity contribution is 7.18. The molecule has 2 atom stereocenters. The molecular formula is C15H22N4OS. The molecule has 1 aliphatic rings. The smallest absolute Gasteiger partial charge is 0.225 e. The molecule has 2 N–H and O–H groups in total. The zero-order chi connectivity index (χ0) is 15.0. The highest BCUT2D eigenvalue weighted by atomic mass is 32.1. The lowest BCUT2D eigenvalue weighted by molar-refractivity contribution is 0.106. The molecule has 0 aromatic carbocycles. The van der Waals surface area contributed by atoms with Gasteiger partial charge in [0.25, 0.3) is 0 Å². The van der Waals surface area contributed by atoms with Gasteiger partial charge in [0.2, 0.25) is 5.95 Å². The molecule has 5 nitrogen and oxygen atoms in total. The van der Waals surface area contributed by atoms with Gasteiger partial charge in [0, 0.05) is 19.0 Å². The lowest BCUT2D eigenvalue weighted by Crippen LogP contribution is -2.44. The zero-order valence-corrected chi connectivity index (χ0v) is 13.6. The molecule has 0 spiro atoms. The van der Waals surface area contributed by atoms with E-state index in [1.165, 1.54) is 11.3 Å². The molecule has 1 saturated carbocycles. The number of aryl methyl sites for hydroxylation is 1. The first-order chi connectivity index (χ1) is 10.1. The molecule has 0 saturated heterocycles. The molecule has 3 rings (SSSR count). The molecule has 2 unspecified atom stereocenters. The van der Waals surface area contributed by atoms with Crippen LogP contribution in [0, 0.1) is 6.92 Å². The number of thiophene rings is 1. The van der Waals surface area contributed by atoms with Crippen LogP contribution in [0.3, 0.4) is 0 Å². The number of hydrogen-bond acceptors (Lipinski definition) is 6. The minimum absolute atomic E-state index is 0.141. The maximum absolute atomic E-state index is 10.3. The van der Waals surface area contributed by atoms with Gasteiger partial charge in [0.05, 0.1) is 17.5 Å². The fourth-order valence-corrected chi connectivity index (χ4v) is 3.98. The Morgan fingerprint density at radius 1 is 1.33 bits per heavy atom. The van der Waals surface area contributed by atoms with Crippen LogP contribution in [0.1, 0.15) is 30.6 Å². The van der Waals surface area contributed by atoms with E-state index < -0.39 is 0 Å². The molecule has 0 amide bonds. The number of aliphatic hydroxyl groups is 1. The Morgan fingerprint density at radius 2 is 2.10 bits per heavy atom. The van der Waals surface area contributed by atoms with Crippen molar-refractivity contribution in [2.45, 2.75) is 44.8 Å². The minimum Gasteiger partial charge on any atom is -0.391 e. The van der Waals surface area contributed by atoms with Crippen LogP contribution in [0.2, 0.25) is 0 Å². The number of nitrogens with one attached hydrogen (secondary N) is 1. The fraction of sp³-hybridized carbons (Fsp3) is 0.600. The first kappa shape index (κ1) is 14.5. The summed E-state index contributed by atoms with van der Waals surface area (Å²) in [6.45, 7) is 2.09. The largest absolute Gasteiger partial charge is 0.391 e. The van der Waals surface area contributed by atoms with Crippen molar-refractivity contribution in [3.8, 4) is 0 Å². The molecule has 1 fully saturated rings. The van der Waals surface area contributed by atoms with Crippen LogP contribution in [0.5, 0.6) is 0 Å². The van der Waals surface area contributed by atoms with E-state index in [9.17, 15) is 5.11 Å². The second-order valence-corrected chi connectivity index (χ2v) is 6.96. The van der Waals surface area contributed by atoms with Crippen molar-refractivity contribution in [3.63, 3.8) is 0 Å². The van der Waals surface area contributed by atoms with Crippen molar-refractivity contribution >= 4 is 33.3 Å². The van der Waals surface area contributed by atoms with Gasteiger partial charge >= 0.3 is 0 Å². The van der Waals surface area contributed by atoms with Crippen molar-refractivity contribution in [1.29, 1.82) is 0 Å². The maximum Gasteiger partial charge on any atom is 0.225 e. The Balaban J connectivity index is 2.05. The standard InChI is InChI=1S/C15H22N4OS/c1-9-8-10-13(17-15(16-2)18-14(10)21-9)19(3)11-6-4-5-7-12(11)20/h8,11-12,20H,4-7H2,1-3H3,(H,16,17,18). The van der Waals surface area contributed by atoms with Crippen LogP contribution in [0.15, 0.2) is 6.07 Å². The highest BCUT2D eigenvalue weighted by Crippen LogP contribution is 2.34. The first-order valence-corrected chi connectivity index (χ1v) is 8.28. The maximum atomic E-state index is 10.3. The lowest BCUT2D eigenvalue weighted by Gasteiger charge is -2.36. The average molecular weight is 306 g/mol. The highest BCUT2D eigenvalue weighted by Gasteiger charge is 2.29. The molecule has 21 heavy (non-hydrogen) atoms. The molecule has 0 radical (unpaired) electrons. The normalized spacial score (nSPS) is 22.5. The van der Waals surface area contributed by atoms with E-state index in [1.54, 1.807) is 11.3 Å². The third-order valence-electron chi connectivity index (χ3n) is 4.24. The third-order valence-corrected chi connectivity index (χ3v) is 5.19. The molecule has 6 heteroatoms. The van der Waals surface area contributed by atoms with Gasteiger partial charge in [0.1, 0.15) is 10.6 Å². The molecule has 2 heterocycles. The first-order valence-electron chi connectivity index (χ1n) is 7.47. The van der Waals surface area contributed by atoms with Gasteiger partial charge in [-0.1, -0.05) is 12.8 Å². The SMILES string of the molecule is CNc1nc(N(C)C2CCCCC2O)c2cc(C)sc2n1. The summed E-state index contributed by atoms with van der Waals surface area (Å²) < 4.78 is 0. The molecule has 114 valence electrons. The summed E-state index contributed by atoms with van der Waals surface area (Å²) in [6, 6.07) is 2.28. The van der Waals surface area contributed by atoms with Crippen molar-refractivity contribution in [3.05, 3.63) is 10.9 Å². The third kappa shape index (κ3) is 2.70. The summed E-state index contributed by atoms with van der Waals surface area (Å²) in [5.74, 6) is 1.55. The molecule has 2 aromatic rings. The number of fused-ring (bicyclic) bond motifs is 1. The van der Waals surface area contributed by atoms with E-state index in [2.05, 4.69) is 33.2 Å². The number of aromatic nitrogens is 2. The summed E-state index contributed by atoms with van der Waals surface area (Å²) in [5, 5.41) is 14.4. The quantitative estimate of drug-likeness (QED) is 0.913. The van der Waals surface area contributed by atoms with Crippen molar-refractivity contribution in [1.82, 2.24) is 9.97 Å². The number of likely N-dealkylation sites (N-methyl/N-ethyl adjacent to an activating group) is 1. The molecule has 0 aliphatic heterocycles. The minimum atomic E-state index is -0.272. The van der Waals surface area contributed by atoms with Gasteiger partial charge in [-0.25, -0.2) is 4.98 Å². The Labute approximate surface area is 129 Å². The van der Waals surface area contributed by atoms with Crippen LogP contribution in [-0.2, 0) is 0 Å². The van der Waals surface area contributed by atoms with Gasteiger partial charge in [0.15, 0.2) is 0 Å². The fourth-order valence-electron chi connectivity index (χ4n) is 3.11. The van der Waals surface area contributed by atoms with Crippen molar-refractivity contribution < 1.29 is 5.11 Å². The van der Waals surface area contributed by atoms with E-state index >= 15 is 0 Å². The molecule has 0 bridgehead atoms. The Morgan fingerprint density at radius 3 is 2.81 bits per heavy atom. The zero-order valence-electron chi connectivity index (χ0n) is 12.8. The molecule has 2 aromatic heterocycles. The van der Waals surface area contributed by atoms with Gasteiger partial charge in [-0.15, -0.1) is 11.3 Å². The van der Waals surface area contributed by atoms with Gasteiger partial charge < -0.3 is 15.3 Å². The number of rotatable bonds is 3. The van der Waals surface area contributed by atoms with Crippen molar-refractivity contribution in [2.75, 3.05) is 24.3 Å². The average Bonchev–Trinajstić information content (AvgIpc) is 2.86. The number of nitrogens with zero attached hydrogens (tertiary/aromatic N) is 3. The molecular weight excluding hydrogens is 284 g/mol. The Bertz CT molecular complexity index is 642. The van der Waals surface area contributed by atoms with E-state index in [1.807, 2.05) is 14.1 Å². The monoisotopic (exact) mass is 306 g/mol. The van der Waals surface area contributed by atoms with Gasteiger partial charge in [-0.05, 0) is 25.8 Å². The van der Waals surface area contributed by atoms with Crippen molar-refractivity contribution in [2.24, 2.45) is 0 Å². The number of anilines is 2. The second-order valence-electron chi connectivity index (χ2n) is 5.73. The Kier molecular flexibility index (Phi) is 3.99. The summed E-state index contributed by atoms with van der Waals surface area (Å²) >= 11 is 1.68. The number of aliphatic hydroxyl groups excluding tert-OH is 1. The summed E-state index contributed by atoms with van der Waals surface area (Å²) in [4.78, 5) is 13.5. The van der Waals surface area contributed by atoms with Crippen LogP contribution < -0.4 is 10.2 Å². The predicted octanol–water partition coefficient (Wildman–Crippen LogP) is 2.78. The van der Waals surface area contributed by atoms with Crippen LogP contribution >= 0.6 is 11.3 Å². The van der Waals surface area contributed by atoms with E-state index in [0.29, 0.717) is 5.95 Å². The summed E-state index contributed by atoms with van der Waals surface area (Å²) in [7, 11) is 3.87. The lowest BCUT2D eigenvalue weighted by atomic mass is 9.91. The van der Waals surface area contributed by atoms with Crippen LogP contribution in [0.4, 0.5) is 11.8 Å².